The lowest BCUT2D eigenvalue weighted by Gasteiger charge is -2.32. The molecule has 2 rings (SSSR count). The zero-order chi connectivity index (χ0) is 11.4. The Morgan fingerprint density at radius 1 is 1.12 bits per heavy atom. The number of piperazine rings is 1. The van der Waals surface area contributed by atoms with Crippen LogP contribution in [0.2, 0.25) is 0 Å². The summed E-state index contributed by atoms with van der Waals surface area (Å²) in [6.45, 7) is 5.64. The highest BCUT2D eigenvalue weighted by Crippen LogP contribution is 2.16. The van der Waals surface area contributed by atoms with E-state index in [2.05, 4.69) is 16.8 Å². The molecule has 3 heteroatoms. The second-order valence-electron chi connectivity index (χ2n) is 4.52. The summed E-state index contributed by atoms with van der Waals surface area (Å²) in [5.41, 5.74) is 1.06. The molecule has 0 saturated carbocycles. The predicted octanol–water partition coefficient (Wildman–Crippen LogP) is 1.18. The Labute approximate surface area is 97.3 Å². The van der Waals surface area contributed by atoms with E-state index in [0.717, 1.165) is 44.7 Å². The molecule has 1 N–H and O–H groups in total. The van der Waals surface area contributed by atoms with Gasteiger partial charge in [0.1, 0.15) is 5.75 Å². The minimum Gasteiger partial charge on any atom is -0.508 e. The van der Waals surface area contributed by atoms with Crippen LogP contribution in [0.15, 0.2) is 24.3 Å². The van der Waals surface area contributed by atoms with Crippen LogP contribution >= 0.6 is 0 Å². The Morgan fingerprint density at radius 2 is 1.81 bits per heavy atom. The molecule has 0 aliphatic carbocycles. The molecule has 1 aromatic carbocycles. The largest absolute Gasteiger partial charge is 0.508 e. The van der Waals surface area contributed by atoms with Crippen LogP contribution in [-0.4, -0.2) is 54.7 Å². The normalized spacial score (nSPS) is 18.8. The summed E-state index contributed by atoms with van der Waals surface area (Å²) in [5.74, 6) is 0.427. The first-order valence-electron chi connectivity index (χ1n) is 5.93. The Balaban J connectivity index is 1.81. The molecule has 0 unspecified atom stereocenters. The number of likely N-dealkylation sites (N-methyl/N-ethyl adjacent to an activating group) is 1. The molecule has 1 aliphatic heterocycles. The van der Waals surface area contributed by atoms with Gasteiger partial charge < -0.3 is 14.9 Å². The molecule has 1 fully saturated rings. The topological polar surface area (TPSA) is 26.7 Å². The first-order chi connectivity index (χ1) is 7.75. The number of hydrogen-bond acceptors (Lipinski definition) is 3. The lowest BCUT2D eigenvalue weighted by atomic mass is 10.1. The Kier molecular flexibility index (Phi) is 3.80. The van der Waals surface area contributed by atoms with E-state index in [4.69, 9.17) is 0 Å². The number of phenols is 1. The van der Waals surface area contributed by atoms with Gasteiger partial charge in [0.2, 0.25) is 0 Å². The van der Waals surface area contributed by atoms with Crippen molar-refractivity contribution >= 4 is 0 Å². The highest BCUT2D eigenvalue weighted by Gasteiger charge is 2.13. The number of phenolic OH excluding ortho intramolecular Hbond substituents is 1. The average Bonchev–Trinajstić information content (AvgIpc) is 2.30. The standard InChI is InChI=1S/C13H20N2O/c1-14-8-10-15(11-9-14)7-6-12-4-2-3-5-13(12)16/h2-5,16H,6-11H2,1H3. The van der Waals surface area contributed by atoms with Gasteiger partial charge in [0.05, 0.1) is 0 Å². The van der Waals surface area contributed by atoms with Gasteiger partial charge in [0.15, 0.2) is 0 Å². The molecule has 0 atom stereocenters. The van der Waals surface area contributed by atoms with Gasteiger partial charge in [-0.1, -0.05) is 18.2 Å². The Hall–Kier alpha value is -1.06. The number of hydrogen-bond donors (Lipinski definition) is 1. The SMILES string of the molecule is CN1CCN(CCc2ccccc2O)CC1. The van der Waals surface area contributed by atoms with Gasteiger partial charge in [-0.2, -0.15) is 0 Å². The van der Waals surface area contributed by atoms with E-state index < -0.39 is 0 Å². The Bertz CT molecular complexity index is 332. The average molecular weight is 220 g/mol. The summed E-state index contributed by atoms with van der Waals surface area (Å²) >= 11 is 0. The van der Waals surface area contributed by atoms with Crippen molar-refractivity contribution in [2.75, 3.05) is 39.8 Å². The number of benzene rings is 1. The quantitative estimate of drug-likeness (QED) is 0.828. The molecule has 1 aromatic rings. The van der Waals surface area contributed by atoms with Crippen molar-refractivity contribution in [3.8, 4) is 5.75 Å². The van der Waals surface area contributed by atoms with Gasteiger partial charge in [-0.15, -0.1) is 0 Å². The molecular formula is C13H20N2O. The molecule has 0 radical (unpaired) electrons. The van der Waals surface area contributed by atoms with Crippen molar-refractivity contribution in [2.45, 2.75) is 6.42 Å². The van der Waals surface area contributed by atoms with E-state index in [-0.39, 0.29) is 0 Å². The van der Waals surface area contributed by atoms with E-state index >= 15 is 0 Å². The van der Waals surface area contributed by atoms with Crippen LogP contribution in [0.5, 0.6) is 5.75 Å². The van der Waals surface area contributed by atoms with Crippen LogP contribution in [0, 0.1) is 0 Å². The lowest BCUT2D eigenvalue weighted by Crippen LogP contribution is -2.45. The van der Waals surface area contributed by atoms with Crippen molar-refractivity contribution in [3.63, 3.8) is 0 Å². The number of aromatic hydroxyl groups is 1. The molecule has 16 heavy (non-hydrogen) atoms. The molecule has 0 spiro atoms. The van der Waals surface area contributed by atoms with Crippen LogP contribution in [0.4, 0.5) is 0 Å². The molecule has 1 saturated heterocycles. The molecular weight excluding hydrogens is 200 g/mol. The summed E-state index contributed by atoms with van der Waals surface area (Å²) in [6, 6.07) is 7.62. The lowest BCUT2D eigenvalue weighted by molar-refractivity contribution is 0.155. The molecule has 0 amide bonds. The highest BCUT2D eigenvalue weighted by atomic mass is 16.3. The fourth-order valence-corrected chi connectivity index (χ4v) is 2.07. The van der Waals surface area contributed by atoms with E-state index in [1.165, 1.54) is 0 Å². The molecule has 1 aliphatic rings. The number of rotatable bonds is 3. The first kappa shape index (κ1) is 11.4. The number of nitrogens with zero attached hydrogens (tertiary/aromatic N) is 2. The fraction of sp³-hybridized carbons (Fsp3) is 0.538. The maximum absolute atomic E-state index is 9.66. The monoisotopic (exact) mass is 220 g/mol. The van der Waals surface area contributed by atoms with Gasteiger partial charge >= 0.3 is 0 Å². The van der Waals surface area contributed by atoms with E-state index in [1.54, 1.807) is 6.07 Å². The smallest absolute Gasteiger partial charge is 0.118 e. The third-order valence-electron chi connectivity index (χ3n) is 3.28. The minimum absolute atomic E-state index is 0.427. The maximum atomic E-state index is 9.66. The molecule has 88 valence electrons. The van der Waals surface area contributed by atoms with E-state index in [1.807, 2.05) is 18.2 Å². The van der Waals surface area contributed by atoms with Crippen molar-refractivity contribution < 1.29 is 5.11 Å². The molecule has 0 aromatic heterocycles. The minimum atomic E-state index is 0.427. The number of para-hydroxylation sites is 1. The van der Waals surface area contributed by atoms with Crippen LogP contribution in [-0.2, 0) is 6.42 Å². The summed E-state index contributed by atoms with van der Waals surface area (Å²) in [6.07, 6.45) is 0.941. The third-order valence-corrected chi connectivity index (χ3v) is 3.28. The zero-order valence-corrected chi connectivity index (χ0v) is 9.89. The van der Waals surface area contributed by atoms with Crippen molar-refractivity contribution in [3.05, 3.63) is 29.8 Å². The van der Waals surface area contributed by atoms with Gasteiger partial charge in [-0.05, 0) is 25.1 Å². The zero-order valence-electron chi connectivity index (χ0n) is 9.89. The molecule has 1 heterocycles. The van der Waals surface area contributed by atoms with E-state index in [9.17, 15) is 5.11 Å². The highest BCUT2D eigenvalue weighted by molar-refractivity contribution is 5.31. The molecule has 0 bridgehead atoms. The van der Waals surface area contributed by atoms with Gasteiger partial charge in [-0.25, -0.2) is 0 Å². The summed E-state index contributed by atoms with van der Waals surface area (Å²) in [7, 11) is 2.17. The predicted molar refractivity (Wildman–Crippen MR) is 65.7 cm³/mol. The summed E-state index contributed by atoms with van der Waals surface area (Å²) in [4.78, 5) is 4.82. The summed E-state index contributed by atoms with van der Waals surface area (Å²) in [5, 5.41) is 9.66. The van der Waals surface area contributed by atoms with Crippen LogP contribution < -0.4 is 0 Å². The third kappa shape index (κ3) is 2.97. The van der Waals surface area contributed by atoms with Crippen molar-refractivity contribution in [1.29, 1.82) is 0 Å². The second kappa shape index (κ2) is 5.32. The Morgan fingerprint density at radius 3 is 2.50 bits per heavy atom. The van der Waals surface area contributed by atoms with Gasteiger partial charge in [-0.3, -0.25) is 0 Å². The second-order valence-corrected chi connectivity index (χ2v) is 4.52. The van der Waals surface area contributed by atoms with Crippen molar-refractivity contribution in [1.82, 2.24) is 9.80 Å². The maximum Gasteiger partial charge on any atom is 0.118 e. The van der Waals surface area contributed by atoms with Gasteiger partial charge in [0, 0.05) is 32.7 Å². The van der Waals surface area contributed by atoms with Gasteiger partial charge in [0.25, 0.3) is 0 Å². The fourth-order valence-electron chi connectivity index (χ4n) is 2.07. The van der Waals surface area contributed by atoms with E-state index in [0.29, 0.717) is 5.75 Å². The summed E-state index contributed by atoms with van der Waals surface area (Å²) < 4.78 is 0. The van der Waals surface area contributed by atoms with Crippen LogP contribution in [0.1, 0.15) is 5.56 Å². The van der Waals surface area contributed by atoms with Crippen LogP contribution in [0.3, 0.4) is 0 Å². The van der Waals surface area contributed by atoms with Crippen molar-refractivity contribution in [2.24, 2.45) is 0 Å². The first-order valence-corrected chi connectivity index (χ1v) is 5.93. The molecule has 3 nitrogen and oxygen atoms in total. The van der Waals surface area contributed by atoms with Crippen LogP contribution in [0.25, 0.3) is 0 Å².